The van der Waals surface area contributed by atoms with Crippen LogP contribution < -0.4 is 10.6 Å². The molecule has 0 spiro atoms. The van der Waals surface area contributed by atoms with Crippen LogP contribution >= 0.6 is 0 Å². The van der Waals surface area contributed by atoms with E-state index in [-0.39, 0.29) is 11.8 Å². The van der Waals surface area contributed by atoms with Gasteiger partial charge >= 0.3 is 0 Å². The van der Waals surface area contributed by atoms with E-state index in [4.69, 9.17) is 8.83 Å². The fourth-order valence-electron chi connectivity index (χ4n) is 3.10. The number of rotatable bonds is 8. The lowest BCUT2D eigenvalue weighted by atomic mass is 10.0. The number of hydrogen-bond donors (Lipinski definition) is 2. The van der Waals surface area contributed by atoms with Gasteiger partial charge in [-0.1, -0.05) is 24.3 Å². The molecular weight excluding hydrogens is 416 g/mol. The molecule has 2 N–H and O–H groups in total. The number of carbonyl (C=O) groups is 2. The molecule has 4 aromatic rings. The Balaban J connectivity index is 1.27. The first-order chi connectivity index (χ1) is 16.1. The Morgan fingerprint density at radius 3 is 1.42 bits per heavy atom. The van der Waals surface area contributed by atoms with Crippen LogP contribution in [-0.2, 0) is 16.0 Å². The first kappa shape index (κ1) is 21.6. The van der Waals surface area contributed by atoms with Crippen LogP contribution in [0, 0.1) is 0 Å². The highest BCUT2D eigenvalue weighted by Gasteiger charge is 2.02. The second kappa shape index (κ2) is 10.6. The molecule has 0 aliphatic carbocycles. The molecule has 2 heterocycles. The Morgan fingerprint density at radius 1 is 0.636 bits per heavy atom. The van der Waals surface area contributed by atoms with Crippen molar-refractivity contribution in [3.8, 4) is 0 Å². The predicted octanol–water partition coefficient (Wildman–Crippen LogP) is 5.77. The van der Waals surface area contributed by atoms with E-state index in [9.17, 15) is 9.59 Å². The van der Waals surface area contributed by atoms with Crippen molar-refractivity contribution in [2.45, 2.75) is 6.42 Å². The van der Waals surface area contributed by atoms with E-state index in [1.807, 2.05) is 48.5 Å². The number of benzene rings is 2. The Morgan fingerprint density at radius 2 is 1.06 bits per heavy atom. The largest absolute Gasteiger partial charge is 0.465 e. The second-order valence-electron chi connectivity index (χ2n) is 7.25. The number of hydrogen-bond acceptors (Lipinski definition) is 4. The van der Waals surface area contributed by atoms with Gasteiger partial charge in [-0.2, -0.15) is 0 Å². The van der Waals surface area contributed by atoms with Gasteiger partial charge in [0.1, 0.15) is 11.5 Å². The minimum atomic E-state index is -0.226. The normalized spacial score (nSPS) is 11.2. The minimum Gasteiger partial charge on any atom is -0.465 e. The highest BCUT2D eigenvalue weighted by Crippen LogP contribution is 2.16. The average Bonchev–Trinajstić information content (AvgIpc) is 3.53. The van der Waals surface area contributed by atoms with Gasteiger partial charge < -0.3 is 19.5 Å². The van der Waals surface area contributed by atoms with Gasteiger partial charge in [0.2, 0.25) is 11.8 Å². The van der Waals surface area contributed by atoms with E-state index in [1.165, 1.54) is 12.2 Å². The lowest BCUT2D eigenvalue weighted by molar-refractivity contribution is -0.112. The van der Waals surface area contributed by atoms with Gasteiger partial charge in [0.15, 0.2) is 0 Å². The monoisotopic (exact) mass is 438 g/mol. The zero-order chi connectivity index (χ0) is 22.9. The van der Waals surface area contributed by atoms with Gasteiger partial charge in [0.25, 0.3) is 0 Å². The van der Waals surface area contributed by atoms with Gasteiger partial charge in [0, 0.05) is 23.5 Å². The average molecular weight is 438 g/mol. The van der Waals surface area contributed by atoms with Gasteiger partial charge in [0.05, 0.1) is 12.5 Å². The molecule has 0 radical (unpaired) electrons. The smallest absolute Gasteiger partial charge is 0.248 e. The molecule has 0 bridgehead atoms. The summed E-state index contributed by atoms with van der Waals surface area (Å²) in [5.41, 5.74) is 3.65. The van der Waals surface area contributed by atoms with Crippen molar-refractivity contribution in [1.82, 2.24) is 0 Å². The van der Waals surface area contributed by atoms with Gasteiger partial charge in [-0.25, -0.2) is 0 Å². The molecule has 2 aromatic carbocycles. The van der Waals surface area contributed by atoms with Crippen molar-refractivity contribution in [2.24, 2.45) is 0 Å². The van der Waals surface area contributed by atoms with Crippen LogP contribution in [0.25, 0.3) is 12.2 Å². The van der Waals surface area contributed by atoms with Crippen LogP contribution in [0.4, 0.5) is 11.4 Å². The van der Waals surface area contributed by atoms with E-state index in [1.54, 1.807) is 48.9 Å². The number of amides is 2. The van der Waals surface area contributed by atoms with Crippen LogP contribution in [-0.4, -0.2) is 11.8 Å². The highest BCUT2D eigenvalue weighted by molar-refractivity contribution is 6.02. The number of anilines is 2. The molecule has 0 aliphatic heterocycles. The van der Waals surface area contributed by atoms with E-state index in [0.29, 0.717) is 22.9 Å². The Hall–Kier alpha value is -4.58. The van der Waals surface area contributed by atoms with Crippen molar-refractivity contribution >= 4 is 35.3 Å². The third-order valence-electron chi connectivity index (χ3n) is 4.74. The molecule has 6 heteroatoms. The van der Waals surface area contributed by atoms with Crippen molar-refractivity contribution in [1.29, 1.82) is 0 Å². The number of nitrogens with one attached hydrogen (secondary N) is 2. The third kappa shape index (κ3) is 6.70. The van der Waals surface area contributed by atoms with Crippen molar-refractivity contribution in [2.75, 3.05) is 10.6 Å². The SMILES string of the molecule is O=C(C=Cc1ccco1)Nc1ccc(Cc2ccc(NC(=O)C=Cc3ccco3)cc2)cc1. The molecular formula is C27H22N2O4. The van der Waals surface area contributed by atoms with Gasteiger partial charge in [-0.3, -0.25) is 9.59 Å². The van der Waals surface area contributed by atoms with E-state index in [0.717, 1.165) is 17.5 Å². The molecule has 0 aliphatic rings. The number of carbonyl (C=O) groups excluding carboxylic acids is 2. The Bertz CT molecular complexity index is 1130. The summed E-state index contributed by atoms with van der Waals surface area (Å²) in [4.78, 5) is 24.0. The van der Waals surface area contributed by atoms with E-state index < -0.39 is 0 Å². The zero-order valence-electron chi connectivity index (χ0n) is 17.7. The molecule has 0 saturated heterocycles. The lowest BCUT2D eigenvalue weighted by Gasteiger charge is -2.07. The summed E-state index contributed by atoms with van der Waals surface area (Å²) in [7, 11) is 0. The van der Waals surface area contributed by atoms with Gasteiger partial charge in [-0.05, 0) is 78.2 Å². The van der Waals surface area contributed by atoms with E-state index >= 15 is 0 Å². The molecule has 0 saturated carbocycles. The van der Waals surface area contributed by atoms with Crippen LogP contribution in [0.5, 0.6) is 0 Å². The third-order valence-corrected chi connectivity index (χ3v) is 4.74. The maximum Gasteiger partial charge on any atom is 0.248 e. The standard InChI is InChI=1S/C27H22N2O4/c30-26(15-13-24-3-1-17-32-24)28-22-9-5-20(6-10-22)19-21-7-11-23(12-8-21)29-27(31)16-14-25-4-2-18-33-25/h1-18H,19H2,(H,28,30)(H,29,31). The molecule has 0 unspecified atom stereocenters. The fraction of sp³-hybridized carbons (Fsp3) is 0.0370. The summed E-state index contributed by atoms with van der Waals surface area (Å²) in [6.07, 6.45) is 9.94. The zero-order valence-corrected chi connectivity index (χ0v) is 17.7. The first-order valence-electron chi connectivity index (χ1n) is 10.4. The van der Waals surface area contributed by atoms with Crippen LogP contribution in [0.1, 0.15) is 22.6 Å². The summed E-state index contributed by atoms with van der Waals surface area (Å²) < 4.78 is 10.3. The van der Waals surface area contributed by atoms with Crippen LogP contribution in [0.2, 0.25) is 0 Å². The molecule has 33 heavy (non-hydrogen) atoms. The van der Waals surface area contributed by atoms with Crippen LogP contribution in [0.15, 0.2) is 106 Å². The summed E-state index contributed by atoms with van der Waals surface area (Å²) in [6, 6.07) is 22.5. The maximum absolute atomic E-state index is 12.0. The summed E-state index contributed by atoms with van der Waals surface area (Å²) >= 11 is 0. The minimum absolute atomic E-state index is 0.226. The maximum atomic E-state index is 12.0. The summed E-state index contributed by atoms with van der Waals surface area (Å²) in [5.74, 6) is 0.791. The second-order valence-corrected chi connectivity index (χ2v) is 7.25. The lowest BCUT2D eigenvalue weighted by Crippen LogP contribution is -2.07. The van der Waals surface area contributed by atoms with Crippen molar-refractivity contribution < 1.29 is 18.4 Å². The summed E-state index contributed by atoms with van der Waals surface area (Å²) in [6.45, 7) is 0. The topological polar surface area (TPSA) is 84.5 Å². The van der Waals surface area contributed by atoms with Gasteiger partial charge in [-0.15, -0.1) is 0 Å². The van der Waals surface area contributed by atoms with Crippen LogP contribution in [0.3, 0.4) is 0 Å². The highest BCUT2D eigenvalue weighted by atomic mass is 16.3. The van der Waals surface area contributed by atoms with E-state index in [2.05, 4.69) is 10.6 Å². The fourth-order valence-corrected chi connectivity index (χ4v) is 3.10. The van der Waals surface area contributed by atoms with Crippen molar-refractivity contribution in [3.63, 3.8) is 0 Å². The molecule has 0 atom stereocenters. The molecule has 4 rings (SSSR count). The Labute approximate surface area is 191 Å². The molecule has 2 amide bonds. The van der Waals surface area contributed by atoms with Crippen molar-refractivity contribution in [3.05, 3.63) is 120 Å². The first-order valence-corrected chi connectivity index (χ1v) is 10.4. The molecule has 0 fully saturated rings. The molecule has 2 aromatic heterocycles. The predicted molar refractivity (Wildman–Crippen MR) is 128 cm³/mol. The molecule has 164 valence electrons. The Kier molecular flexibility index (Phi) is 6.98. The summed E-state index contributed by atoms with van der Waals surface area (Å²) in [5, 5.41) is 5.64. The quantitative estimate of drug-likeness (QED) is 0.342. The molecule has 6 nitrogen and oxygen atoms in total. The number of furan rings is 2.